The van der Waals surface area contributed by atoms with Crippen LogP contribution in [0.2, 0.25) is 0 Å². The van der Waals surface area contributed by atoms with E-state index >= 15 is 0 Å². The number of hydrogen-bond donors (Lipinski definition) is 0. The summed E-state index contributed by atoms with van der Waals surface area (Å²) < 4.78 is 5.25. The van der Waals surface area contributed by atoms with Crippen LogP contribution in [0.4, 0.5) is 0 Å². The van der Waals surface area contributed by atoms with Gasteiger partial charge in [-0.3, -0.25) is 4.90 Å². The maximum Gasteiger partial charge on any atom is 0.0936 e. The largest absolute Gasteiger partial charge is 0.372 e. The minimum atomic E-state index is 0.567. The molecule has 0 aromatic carbocycles. The molecule has 0 saturated carbocycles. The Kier molecular flexibility index (Phi) is 2.37. The lowest BCUT2D eigenvalue weighted by Crippen LogP contribution is -2.44. The fourth-order valence-corrected chi connectivity index (χ4v) is 2.11. The Bertz CT molecular complexity index is 156. The van der Waals surface area contributed by atoms with Crippen LogP contribution in [0, 0.1) is 5.92 Å². The van der Waals surface area contributed by atoms with Gasteiger partial charge in [0.1, 0.15) is 0 Å². The topological polar surface area (TPSA) is 15.8 Å². The van der Waals surface area contributed by atoms with Gasteiger partial charge >= 0.3 is 0 Å². The number of nitrogens with zero attached hydrogens (tertiary/aromatic N) is 1. The zero-order valence-corrected chi connectivity index (χ0v) is 8.12. The van der Waals surface area contributed by atoms with Gasteiger partial charge in [-0.25, -0.2) is 0 Å². The summed E-state index contributed by atoms with van der Waals surface area (Å²) in [5.74, 6) is 0.873. The van der Waals surface area contributed by atoms with E-state index in [1.54, 1.807) is 0 Å². The van der Waals surface area contributed by atoms with Crippen molar-refractivity contribution in [2.45, 2.75) is 38.8 Å². The lowest BCUT2D eigenvalue weighted by molar-refractivity contribution is 0.105. The van der Waals surface area contributed by atoms with Crippen LogP contribution in [0.5, 0.6) is 0 Å². The highest BCUT2D eigenvalue weighted by molar-refractivity contribution is 4.83. The molecule has 3 atom stereocenters. The van der Waals surface area contributed by atoms with Gasteiger partial charge in [0.2, 0.25) is 0 Å². The third-order valence-corrected chi connectivity index (χ3v) is 3.34. The van der Waals surface area contributed by atoms with Crippen molar-refractivity contribution in [1.82, 2.24) is 4.90 Å². The van der Waals surface area contributed by atoms with Gasteiger partial charge in [0.05, 0.1) is 12.7 Å². The molecule has 2 aliphatic heterocycles. The van der Waals surface area contributed by atoms with Crippen molar-refractivity contribution in [2.75, 3.05) is 19.7 Å². The van der Waals surface area contributed by atoms with Crippen LogP contribution < -0.4 is 0 Å². The summed E-state index contributed by atoms with van der Waals surface area (Å²) in [4.78, 5) is 2.59. The molecule has 70 valence electrons. The van der Waals surface area contributed by atoms with E-state index in [4.69, 9.17) is 4.74 Å². The molecular weight excluding hydrogens is 150 g/mol. The molecule has 0 radical (unpaired) electrons. The lowest BCUT2D eigenvalue weighted by atomic mass is 9.92. The summed E-state index contributed by atoms with van der Waals surface area (Å²) in [6.07, 6.45) is 3.35. The second-order valence-corrected chi connectivity index (χ2v) is 4.31. The number of likely N-dealkylation sites (tertiary alicyclic amines) is 1. The van der Waals surface area contributed by atoms with E-state index in [1.807, 2.05) is 0 Å². The molecule has 2 nitrogen and oxygen atoms in total. The summed E-state index contributed by atoms with van der Waals surface area (Å²) >= 11 is 0. The quantitative estimate of drug-likeness (QED) is 0.582. The molecule has 0 bridgehead atoms. The van der Waals surface area contributed by atoms with Crippen molar-refractivity contribution in [3.63, 3.8) is 0 Å². The van der Waals surface area contributed by atoms with Crippen molar-refractivity contribution in [3.05, 3.63) is 0 Å². The van der Waals surface area contributed by atoms with Crippen LogP contribution in [-0.2, 0) is 4.74 Å². The zero-order valence-electron chi connectivity index (χ0n) is 8.12. The molecule has 12 heavy (non-hydrogen) atoms. The molecule has 2 heterocycles. The van der Waals surface area contributed by atoms with Crippen LogP contribution in [0.3, 0.4) is 0 Å². The van der Waals surface area contributed by atoms with Gasteiger partial charge in [0.25, 0.3) is 0 Å². The third kappa shape index (κ3) is 1.80. The molecule has 2 saturated heterocycles. The van der Waals surface area contributed by atoms with Gasteiger partial charge in [-0.2, -0.15) is 0 Å². The van der Waals surface area contributed by atoms with Gasteiger partial charge < -0.3 is 4.74 Å². The molecule has 2 unspecified atom stereocenters. The van der Waals surface area contributed by atoms with Crippen molar-refractivity contribution >= 4 is 0 Å². The molecular formula is C10H19NO. The highest BCUT2D eigenvalue weighted by Crippen LogP contribution is 2.24. The SMILES string of the molecule is CC1CCCN(C[C@@H]2CO2)C1C. The number of epoxide rings is 1. The van der Waals surface area contributed by atoms with Crippen molar-refractivity contribution in [2.24, 2.45) is 5.92 Å². The van der Waals surface area contributed by atoms with E-state index in [-0.39, 0.29) is 0 Å². The first-order valence-corrected chi connectivity index (χ1v) is 5.13. The summed E-state index contributed by atoms with van der Waals surface area (Å²) in [5, 5.41) is 0. The van der Waals surface area contributed by atoms with E-state index in [2.05, 4.69) is 18.7 Å². The Morgan fingerprint density at radius 3 is 2.83 bits per heavy atom. The molecule has 0 amide bonds. The predicted octanol–water partition coefficient (Wildman–Crippen LogP) is 1.51. The summed E-state index contributed by atoms with van der Waals surface area (Å²) in [6.45, 7) is 8.17. The lowest BCUT2D eigenvalue weighted by Gasteiger charge is -2.37. The van der Waals surface area contributed by atoms with Crippen LogP contribution in [-0.4, -0.2) is 36.7 Å². The summed E-state index contributed by atoms with van der Waals surface area (Å²) in [6, 6.07) is 0.767. The molecule has 0 aromatic heterocycles. The maximum absolute atomic E-state index is 5.25. The second kappa shape index (κ2) is 3.35. The Balaban J connectivity index is 1.84. The van der Waals surface area contributed by atoms with E-state index in [9.17, 15) is 0 Å². The first kappa shape index (κ1) is 8.52. The minimum Gasteiger partial charge on any atom is -0.372 e. The predicted molar refractivity (Wildman–Crippen MR) is 49.2 cm³/mol. The van der Waals surface area contributed by atoms with Gasteiger partial charge in [-0.1, -0.05) is 6.92 Å². The van der Waals surface area contributed by atoms with Crippen LogP contribution >= 0.6 is 0 Å². The Hall–Kier alpha value is -0.0800. The smallest absolute Gasteiger partial charge is 0.0936 e. The maximum atomic E-state index is 5.25. The molecule has 0 N–H and O–H groups in total. The molecule has 0 aliphatic carbocycles. The van der Waals surface area contributed by atoms with Crippen LogP contribution in [0.1, 0.15) is 26.7 Å². The normalized spacial score (nSPS) is 43.0. The van der Waals surface area contributed by atoms with Gasteiger partial charge in [0.15, 0.2) is 0 Å². The average Bonchev–Trinajstić information content (AvgIpc) is 2.83. The molecule has 2 fully saturated rings. The number of hydrogen-bond acceptors (Lipinski definition) is 2. The Labute approximate surface area is 74.9 Å². The first-order valence-electron chi connectivity index (χ1n) is 5.13. The van der Waals surface area contributed by atoms with Crippen molar-refractivity contribution < 1.29 is 4.74 Å². The van der Waals surface area contributed by atoms with E-state index in [1.165, 1.54) is 25.9 Å². The Morgan fingerprint density at radius 1 is 1.42 bits per heavy atom. The highest BCUT2D eigenvalue weighted by Gasteiger charge is 2.31. The van der Waals surface area contributed by atoms with Crippen molar-refractivity contribution in [1.29, 1.82) is 0 Å². The van der Waals surface area contributed by atoms with Gasteiger partial charge in [-0.05, 0) is 32.2 Å². The van der Waals surface area contributed by atoms with E-state index in [0.717, 1.165) is 18.6 Å². The number of rotatable bonds is 2. The summed E-state index contributed by atoms with van der Waals surface area (Å²) in [7, 11) is 0. The standard InChI is InChI=1S/C10H19NO/c1-8-4-3-5-11(9(8)2)6-10-7-12-10/h8-10H,3-7H2,1-2H3/t8?,9?,10-/m1/s1. The van der Waals surface area contributed by atoms with E-state index < -0.39 is 0 Å². The molecule has 0 aromatic rings. The van der Waals surface area contributed by atoms with Gasteiger partial charge in [-0.15, -0.1) is 0 Å². The fraction of sp³-hybridized carbons (Fsp3) is 1.00. The zero-order chi connectivity index (χ0) is 8.55. The number of piperidine rings is 1. The Morgan fingerprint density at radius 2 is 2.17 bits per heavy atom. The summed E-state index contributed by atoms with van der Waals surface area (Å²) in [5.41, 5.74) is 0. The van der Waals surface area contributed by atoms with Crippen LogP contribution in [0.25, 0.3) is 0 Å². The third-order valence-electron chi connectivity index (χ3n) is 3.34. The highest BCUT2D eigenvalue weighted by atomic mass is 16.6. The molecule has 2 heteroatoms. The number of ether oxygens (including phenoxy) is 1. The van der Waals surface area contributed by atoms with E-state index in [0.29, 0.717) is 6.10 Å². The fourth-order valence-electron chi connectivity index (χ4n) is 2.11. The van der Waals surface area contributed by atoms with Crippen molar-refractivity contribution in [3.8, 4) is 0 Å². The van der Waals surface area contributed by atoms with Gasteiger partial charge in [0, 0.05) is 12.6 Å². The average molecular weight is 169 g/mol. The molecule has 2 rings (SSSR count). The second-order valence-electron chi connectivity index (χ2n) is 4.31. The molecule has 0 spiro atoms. The molecule has 2 aliphatic rings. The minimum absolute atomic E-state index is 0.567. The monoisotopic (exact) mass is 169 g/mol. The van der Waals surface area contributed by atoms with Crippen LogP contribution in [0.15, 0.2) is 0 Å². The first-order chi connectivity index (χ1) is 5.77.